The highest BCUT2D eigenvalue weighted by atomic mass is 35.5. The van der Waals surface area contributed by atoms with Crippen molar-refractivity contribution in [1.29, 1.82) is 0 Å². The first-order valence-corrected chi connectivity index (χ1v) is 6.72. The van der Waals surface area contributed by atoms with E-state index in [1.54, 1.807) is 7.11 Å². The molecule has 0 radical (unpaired) electrons. The highest BCUT2D eigenvalue weighted by Gasteiger charge is 2.11. The summed E-state index contributed by atoms with van der Waals surface area (Å²) in [6.45, 7) is 7.59. The molecule has 1 rings (SSSR count). The fraction of sp³-hybridized carbons (Fsp3) is 0.571. The third-order valence-electron chi connectivity index (χ3n) is 2.84. The average molecular weight is 272 g/mol. The predicted molar refractivity (Wildman–Crippen MR) is 75.8 cm³/mol. The maximum absolute atomic E-state index is 6.21. The maximum atomic E-state index is 6.21. The molecule has 0 saturated heterocycles. The van der Waals surface area contributed by atoms with E-state index >= 15 is 0 Å². The van der Waals surface area contributed by atoms with Crippen LogP contribution < -0.4 is 14.8 Å². The number of methoxy groups -OCH3 is 1. The molecule has 0 unspecified atom stereocenters. The summed E-state index contributed by atoms with van der Waals surface area (Å²) in [7, 11) is 1.63. The van der Waals surface area contributed by atoms with Gasteiger partial charge in [-0.05, 0) is 38.0 Å². The number of rotatable bonds is 7. The molecular formula is C14H22ClNO2. The lowest BCUT2D eigenvalue weighted by Gasteiger charge is -2.15. The summed E-state index contributed by atoms with van der Waals surface area (Å²) in [6, 6.07) is 4.37. The largest absolute Gasteiger partial charge is 0.493 e. The Morgan fingerprint density at radius 1 is 1.33 bits per heavy atom. The number of benzene rings is 1. The minimum Gasteiger partial charge on any atom is -0.493 e. The second-order valence-corrected chi connectivity index (χ2v) is 4.64. The van der Waals surface area contributed by atoms with Gasteiger partial charge < -0.3 is 14.8 Å². The second-order valence-electron chi connectivity index (χ2n) is 4.23. The van der Waals surface area contributed by atoms with Crippen LogP contribution in [0.3, 0.4) is 0 Å². The van der Waals surface area contributed by atoms with Gasteiger partial charge in [-0.15, -0.1) is 0 Å². The van der Waals surface area contributed by atoms with E-state index in [1.165, 1.54) is 0 Å². The minimum atomic E-state index is 0.487. The Bertz CT molecular complexity index is 382. The Labute approximate surface area is 114 Å². The van der Waals surface area contributed by atoms with Crippen molar-refractivity contribution in [2.24, 2.45) is 0 Å². The molecule has 1 aromatic carbocycles. The van der Waals surface area contributed by atoms with Gasteiger partial charge in [0.05, 0.1) is 18.7 Å². The van der Waals surface area contributed by atoms with E-state index in [1.807, 2.05) is 19.1 Å². The third kappa shape index (κ3) is 4.07. The molecule has 1 N–H and O–H groups in total. The summed E-state index contributed by atoms with van der Waals surface area (Å²) in [6.07, 6.45) is 1.10. The number of halogens is 1. The van der Waals surface area contributed by atoms with Gasteiger partial charge in [0.2, 0.25) is 0 Å². The van der Waals surface area contributed by atoms with E-state index in [2.05, 4.69) is 19.2 Å². The first kappa shape index (κ1) is 15.1. The van der Waals surface area contributed by atoms with Crippen molar-refractivity contribution in [3.63, 3.8) is 0 Å². The summed E-state index contributed by atoms with van der Waals surface area (Å²) >= 11 is 6.21. The molecule has 102 valence electrons. The number of hydrogen-bond acceptors (Lipinski definition) is 3. The summed E-state index contributed by atoms with van der Waals surface area (Å²) in [5.41, 5.74) is 1.10. The van der Waals surface area contributed by atoms with Crippen LogP contribution in [0.25, 0.3) is 0 Å². The van der Waals surface area contributed by atoms with Gasteiger partial charge in [0, 0.05) is 12.6 Å². The zero-order valence-electron chi connectivity index (χ0n) is 11.5. The van der Waals surface area contributed by atoms with Gasteiger partial charge in [0.15, 0.2) is 11.5 Å². The van der Waals surface area contributed by atoms with Crippen molar-refractivity contribution in [2.75, 3.05) is 13.7 Å². The van der Waals surface area contributed by atoms with Crippen molar-refractivity contribution in [3.8, 4) is 11.5 Å². The maximum Gasteiger partial charge on any atom is 0.179 e. The van der Waals surface area contributed by atoms with Crippen LogP contribution in [0.1, 0.15) is 32.8 Å². The molecule has 0 aliphatic carbocycles. The third-order valence-corrected chi connectivity index (χ3v) is 3.13. The van der Waals surface area contributed by atoms with Crippen molar-refractivity contribution >= 4 is 11.6 Å². The standard InChI is InChI=1S/C14H22ClNO2/c1-5-10(3)16-9-11-7-12(15)14(18-6-2)13(8-11)17-4/h7-8,10,16H,5-6,9H2,1-4H3/t10-/m1/s1. The Hall–Kier alpha value is -0.930. The van der Waals surface area contributed by atoms with Crippen molar-refractivity contribution in [2.45, 2.75) is 39.8 Å². The molecule has 18 heavy (non-hydrogen) atoms. The molecule has 0 bridgehead atoms. The topological polar surface area (TPSA) is 30.5 Å². The van der Waals surface area contributed by atoms with Gasteiger partial charge in [0.25, 0.3) is 0 Å². The number of hydrogen-bond donors (Lipinski definition) is 1. The van der Waals surface area contributed by atoms with E-state index < -0.39 is 0 Å². The molecule has 1 atom stereocenters. The second kappa shape index (κ2) is 7.49. The van der Waals surface area contributed by atoms with E-state index in [0.29, 0.717) is 29.2 Å². The monoisotopic (exact) mass is 271 g/mol. The molecule has 0 aliphatic heterocycles. The predicted octanol–water partition coefficient (Wildman–Crippen LogP) is 3.64. The van der Waals surface area contributed by atoms with Gasteiger partial charge in [-0.25, -0.2) is 0 Å². The van der Waals surface area contributed by atoms with E-state index in [9.17, 15) is 0 Å². The lowest BCUT2D eigenvalue weighted by atomic mass is 10.1. The molecular weight excluding hydrogens is 250 g/mol. The van der Waals surface area contributed by atoms with Gasteiger partial charge in [0.1, 0.15) is 0 Å². The fourth-order valence-electron chi connectivity index (χ4n) is 1.60. The Kier molecular flexibility index (Phi) is 6.30. The SMILES string of the molecule is CCOc1c(Cl)cc(CN[C@H](C)CC)cc1OC. The van der Waals surface area contributed by atoms with Crippen LogP contribution in [0.4, 0.5) is 0 Å². The Balaban J connectivity index is 2.85. The highest BCUT2D eigenvalue weighted by Crippen LogP contribution is 2.36. The quantitative estimate of drug-likeness (QED) is 0.821. The van der Waals surface area contributed by atoms with Gasteiger partial charge >= 0.3 is 0 Å². The zero-order chi connectivity index (χ0) is 13.5. The summed E-state index contributed by atoms with van der Waals surface area (Å²) in [4.78, 5) is 0. The number of nitrogens with one attached hydrogen (secondary N) is 1. The zero-order valence-corrected chi connectivity index (χ0v) is 12.3. The molecule has 0 saturated carbocycles. The summed E-state index contributed by atoms with van der Waals surface area (Å²) in [5.74, 6) is 1.30. The van der Waals surface area contributed by atoms with Crippen LogP contribution in [-0.4, -0.2) is 19.8 Å². The van der Waals surface area contributed by atoms with Gasteiger partial charge in [-0.2, -0.15) is 0 Å². The molecule has 3 nitrogen and oxygen atoms in total. The average Bonchev–Trinajstić information content (AvgIpc) is 2.38. The van der Waals surface area contributed by atoms with E-state index in [0.717, 1.165) is 18.5 Å². The smallest absolute Gasteiger partial charge is 0.179 e. The van der Waals surface area contributed by atoms with Crippen LogP contribution in [0.2, 0.25) is 5.02 Å². The first-order valence-electron chi connectivity index (χ1n) is 6.34. The Morgan fingerprint density at radius 2 is 2.06 bits per heavy atom. The van der Waals surface area contributed by atoms with Crippen molar-refractivity contribution in [3.05, 3.63) is 22.7 Å². The van der Waals surface area contributed by atoms with Crippen molar-refractivity contribution < 1.29 is 9.47 Å². The summed E-state index contributed by atoms with van der Waals surface area (Å²) < 4.78 is 10.8. The van der Waals surface area contributed by atoms with Crippen LogP contribution in [0, 0.1) is 0 Å². The van der Waals surface area contributed by atoms with Gasteiger partial charge in [-0.3, -0.25) is 0 Å². The molecule has 0 amide bonds. The lowest BCUT2D eigenvalue weighted by molar-refractivity contribution is 0.311. The molecule has 0 heterocycles. The first-order chi connectivity index (χ1) is 8.62. The van der Waals surface area contributed by atoms with Crippen LogP contribution in [0.15, 0.2) is 12.1 Å². The van der Waals surface area contributed by atoms with Crippen LogP contribution in [-0.2, 0) is 6.54 Å². The highest BCUT2D eigenvalue weighted by molar-refractivity contribution is 6.32. The normalized spacial score (nSPS) is 12.3. The van der Waals surface area contributed by atoms with E-state index in [-0.39, 0.29) is 0 Å². The molecule has 0 aromatic heterocycles. The van der Waals surface area contributed by atoms with Gasteiger partial charge in [-0.1, -0.05) is 18.5 Å². The lowest BCUT2D eigenvalue weighted by Crippen LogP contribution is -2.24. The molecule has 0 aliphatic rings. The van der Waals surface area contributed by atoms with Crippen LogP contribution >= 0.6 is 11.6 Å². The number of ether oxygens (including phenoxy) is 2. The minimum absolute atomic E-state index is 0.487. The fourth-order valence-corrected chi connectivity index (χ4v) is 1.88. The van der Waals surface area contributed by atoms with Crippen molar-refractivity contribution in [1.82, 2.24) is 5.32 Å². The molecule has 1 aromatic rings. The van der Waals surface area contributed by atoms with Crippen LogP contribution in [0.5, 0.6) is 11.5 Å². The molecule has 4 heteroatoms. The molecule has 0 fully saturated rings. The summed E-state index contributed by atoms with van der Waals surface area (Å²) in [5, 5.41) is 4.02. The Morgan fingerprint density at radius 3 is 2.61 bits per heavy atom. The van der Waals surface area contributed by atoms with E-state index in [4.69, 9.17) is 21.1 Å². The molecule has 0 spiro atoms.